The highest BCUT2D eigenvalue weighted by Crippen LogP contribution is 2.53. The van der Waals surface area contributed by atoms with Gasteiger partial charge >= 0.3 is 0 Å². The Morgan fingerprint density at radius 3 is 2.71 bits per heavy atom. The fourth-order valence-electron chi connectivity index (χ4n) is 2.08. The summed E-state index contributed by atoms with van der Waals surface area (Å²) in [5.41, 5.74) is 1.74. The number of thioether (sulfide) groups is 2. The summed E-state index contributed by atoms with van der Waals surface area (Å²) in [6.45, 7) is 0. The molecule has 0 radical (unpaired) electrons. The summed E-state index contributed by atoms with van der Waals surface area (Å²) < 4.78 is 2.88. The average molecular weight is 353 g/mol. The Hall–Kier alpha value is -0.990. The minimum absolute atomic E-state index is 0.244. The maximum atomic E-state index is 9.41. The lowest BCUT2D eigenvalue weighted by molar-refractivity contribution is 1.13. The Balaban J connectivity index is 1.90. The highest BCUT2D eigenvalue weighted by molar-refractivity contribution is 8.25. The number of hydrogen-bond acceptors (Lipinski definition) is 3. The monoisotopic (exact) mass is 352 g/mol. The number of halogens is 2. The van der Waals surface area contributed by atoms with Gasteiger partial charge in [0.05, 0.1) is 4.24 Å². The van der Waals surface area contributed by atoms with Crippen molar-refractivity contribution in [3.05, 3.63) is 62.6 Å². The Kier molecular flexibility index (Phi) is 4.56. The van der Waals surface area contributed by atoms with Gasteiger partial charge in [-0.15, -0.1) is 23.5 Å². The fraction of sp³-hybridized carbons (Fsp3) is 0.133. The van der Waals surface area contributed by atoms with Crippen LogP contribution in [0.1, 0.15) is 10.8 Å². The van der Waals surface area contributed by atoms with Crippen molar-refractivity contribution in [3.63, 3.8) is 0 Å². The topological polar surface area (TPSA) is 28.7 Å². The molecule has 0 unspecified atom stereocenters. The van der Waals surface area contributed by atoms with E-state index < -0.39 is 0 Å². The van der Waals surface area contributed by atoms with Crippen LogP contribution in [0.3, 0.4) is 0 Å². The van der Waals surface area contributed by atoms with Gasteiger partial charge in [0.25, 0.3) is 0 Å². The lowest BCUT2D eigenvalue weighted by Crippen LogP contribution is -1.93. The van der Waals surface area contributed by atoms with Gasteiger partial charge in [-0.25, -0.2) is 0 Å². The molecular weight excluding hydrogens is 343 g/mol. The van der Waals surface area contributed by atoms with Crippen LogP contribution < -0.4 is 0 Å². The van der Waals surface area contributed by atoms with Crippen LogP contribution in [0.25, 0.3) is 5.70 Å². The van der Waals surface area contributed by atoms with E-state index in [1.165, 1.54) is 0 Å². The van der Waals surface area contributed by atoms with Crippen LogP contribution in [-0.4, -0.2) is 10.3 Å². The molecule has 21 heavy (non-hydrogen) atoms. The van der Waals surface area contributed by atoms with E-state index in [2.05, 4.69) is 6.07 Å². The summed E-state index contributed by atoms with van der Waals surface area (Å²) >= 11 is 15.6. The van der Waals surface area contributed by atoms with Crippen LogP contribution in [-0.2, 0) is 0 Å². The van der Waals surface area contributed by atoms with Crippen molar-refractivity contribution in [3.8, 4) is 6.07 Å². The Morgan fingerprint density at radius 2 is 2.05 bits per heavy atom. The molecule has 1 aromatic heterocycles. The van der Waals surface area contributed by atoms with E-state index in [1.807, 2.05) is 41.2 Å². The van der Waals surface area contributed by atoms with E-state index in [0.29, 0.717) is 15.7 Å². The number of rotatable bonds is 2. The van der Waals surface area contributed by atoms with Gasteiger partial charge < -0.3 is 4.57 Å². The van der Waals surface area contributed by atoms with Gasteiger partial charge in [0.15, 0.2) is 0 Å². The van der Waals surface area contributed by atoms with Crippen LogP contribution in [0.4, 0.5) is 0 Å². The number of nitriles is 1. The number of benzene rings is 1. The number of hydrogen-bond donors (Lipinski definition) is 0. The average Bonchev–Trinajstić information content (AvgIpc) is 3.12. The van der Waals surface area contributed by atoms with Crippen molar-refractivity contribution in [2.75, 3.05) is 5.75 Å². The molecule has 1 aliphatic heterocycles. The quantitative estimate of drug-likeness (QED) is 0.652. The lowest BCUT2D eigenvalue weighted by atomic mass is 10.2. The van der Waals surface area contributed by atoms with E-state index in [0.717, 1.165) is 15.6 Å². The summed E-state index contributed by atoms with van der Waals surface area (Å²) in [5, 5.41) is 11.0. The maximum absolute atomic E-state index is 9.41. The second-order valence-electron chi connectivity index (χ2n) is 4.42. The van der Waals surface area contributed by atoms with Crippen molar-refractivity contribution < 1.29 is 0 Å². The summed E-state index contributed by atoms with van der Waals surface area (Å²) in [7, 11) is 0. The molecule has 2 heterocycles. The van der Waals surface area contributed by atoms with Gasteiger partial charge in [0, 0.05) is 33.4 Å². The third kappa shape index (κ3) is 3.12. The molecule has 6 heteroatoms. The summed E-state index contributed by atoms with van der Waals surface area (Å²) in [6, 6.07) is 11.7. The zero-order valence-electron chi connectivity index (χ0n) is 10.8. The number of allylic oxidation sites excluding steroid dienone is 1. The highest BCUT2D eigenvalue weighted by atomic mass is 35.5. The SMILES string of the molecule is N#C/C(=C1/SC[C@H](c2ccc(Cl)cc2Cl)S1)n1cccc1. The second-order valence-corrected chi connectivity index (χ2v) is 7.77. The van der Waals surface area contributed by atoms with E-state index >= 15 is 0 Å². The molecule has 0 amide bonds. The molecule has 2 nitrogen and oxygen atoms in total. The van der Waals surface area contributed by atoms with Crippen LogP contribution in [0.2, 0.25) is 10.0 Å². The van der Waals surface area contributed by atoms with E-state index in [9.17, 15) is 5.26 Å². The first kappa shape index (κ1) is 14.9. The summed E-state index contributed by atoms with van der Waals surface area (Å²) in [5.74, 6) is 0.897. The number of aromatic nitrogens is 1. The Labute approximate surface area is 141 Å². The first-order valence-corrected chi connectivity index (χ1v) is 8.83. The molecule has 1 saturated heterocycles. The molecule has 1 aromatic carbocycles. The highest BCUT2D eigenvalue weighted by Gasteiger charge is 2.27. The second kappa shape index (κ2) is 6.41. The summed E-state index contributed by atoms with van der Waals surface area (Å²) in [4.78, 5) is 0. The molecule has 106 valence electrons. The first-order valence-electron chi connectivity index (χ1n) is 6.21. The summed E-state index contributed by atoms with van der Waals surface area (Å²) in [6.07, 6.45) is 3.77. The third-order valence-electron chi connectivity index (χ3n) is 3.09. The van der Waals surface area contributed by atoms with Gasteiger partial charge in [0.2, 0.25) is 0 Å². The molecule has 0 spiro atoms. The van der Waals surface area contributed by atoms with Gasteiger partial charge in [0.1, 0.15) is 11.8 Å². The Morgan fingerprint density at radius 1 is 1.29 bits per heavy atom. The molecule has 1 aliphatic rings. The van der Waals surface area contributed by atoms with Crippen molar-refractivity contribution in [1.82, 2.24) is 4.57 Å². The minimum atomic E-state index is 0.244. The zero-order valence-corrected chi connectivity index (χ0v) is 13.9. The molecule has 2 aromatic rings. The van der Waals surface area contributed by atoms with E-state index in [-0.39, 0.29) is 5.25 Å². The Bertz CT molecular complexity index is 733. The van der Waals surface area contributed by atoms with Crippen LogP contribution in [0.5, 0.6) is 0 Å². The van der Waals surface area contributed by atoms with Crippen molar-refractivity contribution >= 4 is 52.4 Å². The predicted octanol–water partition coefficient (Wildman–Crippen LogP) is 5.67. The molecule has 0 N–H and O–H groups in total. The van der Waals surface area contributed by atoms with Gasteiger partial charge in [-0.3, -0.25) is 0 Å². The van der Waals surface area contributed by atoms with Crippen molar-refractivity contribution in [2.24, 2.45) is 0 Å². The first-order chi connectivity index (χ1) is 10.2. The van der Waals surface area contributed by atoms with Gasteiger partial charge in [-0.1, -0.05) is 29.3 Å². The molecule has 3 rings (SSSR count). The molecule has 0 bridgehead atoms. The largest absolute Gasteiger partial charge is 0.314 e. The van der Waals surface area contributed by atoms with Crippen LogP contribution in [0.15, 0.2) is 47.0 Å². The molecular formula is C15H10Cl2N2S2. The lowest BCUT2D eigenvalue weighted by Gasteiger charge is -2.10. The zero-order chi connectivity index (χ0) is 14.8. The molecule has 0 aliphatic carbocycles. The smallest absolute Gasteiger partial charge is 0.144 e. The van der Waals surface area contributed by atoms with E-state index in [1.54, 1.807) is 29.6 Å². The van der Waals surface area contributed by atoms with Gasteiger partial charge in [-0.2, -0.15) is 5.26 Å². The van der Waals surface area contributed by atoms with Crippen LogP contribution in [0, 0.1) is 11.3 Å². The molecule has 0 saturated carbocycles. The van der Waals surface area contributed by atoms with Gasteiger partial charge in [-0.05, 0) is 29.8 Å². The van der Waals surface area contributed by atoms with E-state index in [4.69, 9.17) is 23.2 Å². The maximum Gasteiger partial charge on any atom is 0.144 e. The van der Waals surface area contributed by atoms with Crippen LogP contribution >= 0.6 is 46.7 Å². The number of nitrogens with zero attached hydrogens (tertiary/aromatic N) is 2. The third-order valence-corrected chi connectivity index (χ3v) is 6.57. The molecule has 1 atom stereocenters. The predicted molar refractivity (Wildman–Crippen MR) is 92.5 cm³/mol. The van der Waals surface area contributed by atoms with Crippen molar-refractivity contribution in [2.45, 2.75) is 5.25 Å². The standard InChI is InChI=1S/C15H10Cl2N2S2/c16-10-3-4-11(12(17)7-10)14-9-20-15(21-14)13(8-18)19-5-1-2-6-19/h1-7,14H,9H2/b15-13+/t14-/m1/s1. The molecule has 1 fully saturated rings. The fourth-order valence-corrected chi connectivity index (χ4v) is 5.61. The van der Waals surface area contributed by atoms with Crippen molar-refractivity contribution in [1.29, 1.82) is 5.26 Å². The minimum Gasteiger partial charge on any atom is -0.314 e. The normalized spacial score (nSPS) is 20.3.